The Hall–Kier alpha value is 1.10. The van der Waals surface area contributed by atoms with Crippen LogP contribution in [0.4, 0.5) is 0 Å². The van der Waals surface area contributed by atoms with Gasteiger partial charge in [0.25, 0.3) is 40.0 Å². The Morgan fingerprint density at radius 2 is 1.04 bits per heavy atom. The first-order chi connectivity index (χ1) is 11.9. The lowest BCUT2D eigenvalue weighted by atomic mass is 10.1. The van der Waals surface area contributed by atoms with Gasteiger partial charge in [-0.15, -0.1) is 0 Å². The van der Waals surface area contributed by atoms with Crippen LogP contribution in [0.15, 0.2) is 0 Å². The summed E-state index contributed by atoms with van der Waals surface area (Å²) >= 11 is 0. The Kier molecular flexibility index (Phi) is 25.2. The molecule has 0 aliphatic heterocycles. The summed E-state index contributed by atoms with van der Waals surface area (Å²) in [6, 6.07) is 1.32. The first kappa shape index (κ1) is 25.1. The van der Waals surface area contributed by atoms with E-state index < -0.39 is 40.0 Å². The third-order valence-corrected chi connectivity index (χ3v) is 11.4. The van der Waals surface area contributed by atoms with E-state index in [1.165, 1.54) is 76.7 Å². The maximum absolute atomic E-state index is 5.73. The van der Waals surface area contributed by atoms with Gasteiger partial charge in [0.2, 0.25) is 0 Å². The van der Waals surface area contributed by atoms with Crippen molar-refractivity contribution in [3.63, 3.8) is 0 Å². The summed E-state index contributed by atoms with van der Waals surface area (Å²) < 4.78 is 27.1. The van der Waals surface area contributed by atoms with E-state index in [1.54, 1.807) is 0 Å². The van der Waals surface area contributed by atoms with Gasteiger partial charge in [-0.3, -0.25) is 0 Å². The molecule has 5 nitrogen and oxygen atoms in total. The molecule has 0 atom stereocenters. The molecule has 0 rings (SSSR count). The molecule has 0 N–H and O–H groups in total. The van der Waals surface area contributed by atoms with E-state index in [0.29, 0.717) is 0 Å². The quantitative estimate of drug-likeness (QED) is 0.171. The van der Waals surface area contributed by atoms with Crippen molar-refractivity contribution in [2.75, 3.05) is 0 Å². The Bertz CT molecular complexity index is 209. The molecule has 0 aliphatic rings. The second kappa shape index (κ2) is 24.1. The largest absolute Gasteiger partial charge is 0.449 e. The molecule has 0 aromatic rings. The van der Waals surface area contributed by atoms with Gasteiger partial charge in [-0.2, -0.15) is 0 Å². The highest BCUT2D eigenvalue weighted by Crippen LogP contribution is 2.11. The topological polar surface area (TPSA) is 46.2 Å². The zero-order valence-corrected chi connectivity index (χ0v) is 25.1. The van der Waals surface area contributed by atoms with E-state index in [2.05, 4.69) is 6.92 Å². The van der Waals surface area contributed by atoms with E-state index >= 15 is 0 Å². The smallest absolute Gasteiger partial charge is 0.286 e. The third-order valence-electron chi connectivity index (χ3n) is 3.84. The van der Waals surface area contributed by atoms with Crippen LogP contribution in [0.1, 0.15) is 77.6 Å². The minimum Gasteiger partial charge on any atom is -0.449 e. The highest BCUT2D eigenvalue weighted by Gasteiger charge is 1.96. The summed E-state index contributed by atoms with van der Waals surface area (Å²) in [5, 5.41) is 0. The van der Waals surface area contributed by atoms with Crippen molar-refractivity contribution in [1.82, 2.24) is 0 Å². The van der Waals surface area contributed by atoms with Crippen LogP contribution in [-0.4, -0.2) is 60.3 Å². The highest BCUT2D eigenvalue weighted by atomic mass is 28.4. The molecule has 24 heavy (non-hydrogen) atoms. The lowest BCUT2D eigenvalue weighted by Crippen LogP contribution is -2.17. The normalized spacial score (nSPS) is 13.9. The Labute approximate surface area is 164 Å². The lowest BCUT2D eigenvalue weighted by molar-refractivity contribution is 0.389. The molecule has 11 heteroatoms. The molecule has 0 aromatic carbocycles. The molecule has 0 saturated carbocycles. The van der Waals surface area contributed by atoms with Crippen molar-refractivity contribution >= 4 is 60.3 Å². The van der Waals surface area contributed by atoms with E-state index in [-0.39, 0.29) is 9.76 Å². The highest BCUT2D eigenvalue weighted by molar-refractivity contribution is 6.47. The van der Waals surface area contributed by atoms with Crippen LogP contribution >= 0.6 is 0 Å². The van der Waals surface area contributed by atoms with Gasteiger partial charge in [0.1, 0.15) is 20.2 Å². The van der Waals surface area contributed by atoms with Gasteiger partial charge in [-0.25, -0.2) is 0 Å². The Morgan fingerprint density at radius 3 is 1.58 bits per heavy atom. The van der Waals surface area contributed by atoms with Crippen LogP contribution in [-0.2, 0) is 20.6 Å². The van der Waals surface area contributed by atoms with Gasteiger partial charge in [-0.05, 0) is 6.04 Å². The van der Waals surface area contributed by atoms with Crippen LogP contribution in [0.2, 0.25) is 6.04 Å². The van der Waals surface area contributed by atoms with Gasteiger partial charge in [0.05, 0.1) is 0 Å². The molecule has 0 saturated heterocycles. The standard InChI is InChI=1S/C13H40O5Si6/c1-2-3-4-5-6-7-8-9-10-11-12-13-20-15-22-17-24-18-23-16-21-14-19/h2-13,20-24H2,1,19H3. The molecular weight excluding hydrogens is 405 g/mol. The molecule has 0 aromatic heterocycles. The fourth-order valence-electron chi connectivity index (χ4n) is 2.47. The third kappa shape index (κ3) is 23.1. The van der Waals surface area contributed by atoms with Gasteiger partial charge in [-0.1, -0.05) is 77.6 Å². The Balaban J connectivity index is 2.93. The minimum absolute atomic E-state index is 0.317. The molecule has 0 spiro atoms. The Morgan fingerprint density at radius 1 is 0.583 bits per heavy atom. The second-order valence-electron chi connectivity index (χ2n) is 6.17. The van der Waals surface area contributed by atoms with Crippen molar-refractivity contribution < 1.29 is 20.6 Å². The summed E-state index contributed by atoms with van der Waals surface area (Å²) in [7, 11) is -2.56. The molecule has 146 valence electrons. The second-order valence-corrected chi connectivity index (χ2v) is 17.1. The van der Waals surface area contributed by atoms with Crippen molar-refractivity contribution in [3.8, 4) is 0 Å². The fourth-order valence-corrected chi connectivity index (χ4v) is 11.9. The van der Waals surface area contributed by atoms with Gasteiger partial charge >= 0.3 is 0 Å². The average molecular weight is 445 g/mol. The number of hydrogen-bond donors (Lipinski definition) is 0. The zero-order valence-electron chi connectivity index (χ0n) is 16.1. The molecule has 0 aliphatic carbocycles. The minimum atomic E-state index is -0.806. The first-order valence-corrected chi connectivity index (χ1v) is 16.7. The molecule has 0 amide bonds. The predicted molar refractivity (Wildman–Crippen MR) is 119 cm³/mol. The summed E-state index contributed by atoms with van der Waals surface area (Å²) in [6.45, 7) is 2.28. The molecule has 0 radical (unpaired) electrons. The summed E-state index contributed by atoms with van der Waals surface area (Å²) in [5.74, 6) is 0. The maximum Gasteiger partial charge on any atom is 0.286 e. The van der Waals surface area contributed by atoms with E-state index in [1.807, 2.05) is 0 Å². The molecule has 0 heterocycles. The lowest BCUT2D eigenvalue weighted by Gasteiger charge is -2.07. The summed E-state index contributed by atoms with van der Waals surface area (Å²) in [6.07, 6.45) is 15.6. The number of rotatable bonds is 21. The predicted octanol–water partition coefficient (Wildman–Crippen LogP) is -0.842. The van der Waals surface area contributed by atoms with Crippen molar-refractivity contribution in [3.05, 3.63) is 0 Å². The van der Waals surface area contributed by atoms with Crippen LogP contribution in [0.3, 0.4) is 0 Å². The SMILES string of the molecule is CCCCCCCCCCCCC[SiH2]O[SiH2]O[SiH2]O[SiH2]O[SiH2]O[SiH3]. The van der Waals surface area contributed by atoms with Gasteiger partial charge < -0.3 is 20.6 Å². The fraction of sp³-hybridized carbons (Fsp3) is 1.00. The van der Waals surface area contributed by atoms with E-state index in [9.17, 15) is 0 Å². The molecule has 0 unspecified atom stereocenters. The van der Waals surface area contributed by atoms with Gasteiger partial charge in [0, 0.05) is 0 Å². The van der Waals surface area contributed by atoms with Crippen LogP contribution in [0, 0.1) is 0 Å². The number of unbranched alkanes of at least 4 members (excludes halogenated alkanes) is 10. The zero-order chi connectivity index (χ0) is 17.6. The van der Waals surface area contributed by atoms with Crippen molar-refractivity contribution in [2.45, 2.75) is 83.6 Å². The molecule has 0 bridgehead atoms. The van der Waals surface area contributed by atoms with Crippen LogP contribution in [0.5, 0.6) is 0 Å². The number of hydrogen-bond acceptors (Lipinski definition) is 5. The van der Waals surface area contributed by atoms with Gasteiger partial charge in [0.15, 0.2) is 0 Å². The average Bonchev–Trinajstić information content (AvgIpc) is 2.60. The van der Waals surface area contributed by atoms with E-state index in [0.717, 1.165) is 10.5 Å². The van der Waals surface area contributed by atoms with Crippen molar-refractivity contribution in [1.29, 1.82) is 0 Å². The first-order valence-electron chi connectivity index (χ1n) is 9.71. The molecular formula is C13H40O5Si6. The van der Waals surface area contributed by atoms with Crippen LogP contribution in [0.25, 0.3) is 0 Å². The molecule has 0 fully saturated rings. The monoisotopic (exact) mass is 444 g/mol. The van der Waals surface area contributed by atoms with E-state index in [4.69, 9.17) is 20.6 Å². The maximum atomic E-state index is 5.73. The van der Waals surface area contributed by atoms with Crippen LogP contribution < -0.4 is 0 Å². The summed E-state index contributed by atoms with van der Waals surface area (Å²) in [5.41, 5.74) is 0. The summed E-state index contributed by atoms with van der Waals surface area (Å²) in [4.78, 5) is 0. The van der Waals surface area contributed by atoms with Crippen molar-refractivity contribution in [2.24, 2.45) is 0 Å².